The molecule has 0 aliphatic carbocycles. The summed E-state index contributed by atoms with van der Waals surface area (Å²) in [7, 11) is 0. The molecule has 58 valence electrons. The number of hydrogen-bond donors (Lipinski definition) is 1. The van der Waals surface area contributed by atoms with E-state index in [2.05, 4.69) is 0 Å². The molecule has 0 rings (SSSR count). The monoisotopic (exact) mass is 142 g/mol. The maximum Gasteiger partial charge on any atom is 0.247 e. The van der Waals surface area contributed by atoms with Crippen molar-refractivity contribution < 1.29 is 4.79 Å². The lowest BCUT2D eigenvalue weighted by Crippen LogP contribution is -2.28. The lowest BCUT2D eigenvalue weighted by atomic mass is 10.4. The molecule has 0 fully saturated rings. The Morgan fingerprint density at radius 1 is 1.50 bits per heavy atom. The summed E-state index contributed by atoms with van der Waals surface area (Å²) in [5, 5.41) is 0. The Morgan fingerprint density at radius 2 is 2.00 bits per heavy atom. The Balaban J connectivity index is 3.89. The van der Waals surface area contributed by atoms with E-state index in [4.69, 9.17) is 5.73 Å². The minimum atomic E-state index is -0.0208. The van der Waals surface area contributed by atoms with Gasteiger partial charge < -0.3 is 10.6 Å². The molecule has 0 saturated carbocycles. The van der Waals surface area contributed by atoms with Crippen molar-refractivity contribution in [3.8, 4) is 0 Å². The molecule has 0 atom stereocenters. The second-order valence-corrected chi connectivity index (χ2v) is 1.87. The normalized spacial score (nSPS) is 10.2. The van der Waals surface area contributed by atoms with Gasteiger partial charge in [-0.1, -0.05) is 0 Å². The predicted octanol–water partition coefficient (Wildman–Crippen LogP) is 0.327. The van der Waals surface area contributed by atoms with Gasteiger partial charge in [-0.25, -0.2) is 0 Å². The van der Waals surface area contributed by atoms with Crippen molar-refractivity contribution in [3.63, 3.8) is 0 Å². The molecule has 0 saturated heterocycles. The number of carbonyl (C=O) groups is 1. The SMILES string of the molecule is CCN(CC)C(=O)/C=C/N. The van der Waals surface area contributed by atoms with Crippen LogP contribution < -0.4 is 5.73 Å². The smallest absolute Gasteiger partial charge is 0.247 e. The lowest BCUT2D eigenvalue weighted by molar-refractivity contribution is -0.125. The predicted molar refractivity (Wildman–Crippen MR) is 41.3 cm³/mol. The maximum atomic E-state index is 11.0. The molecular weight excluding hydrogens is 128 g/mol. The van der Waals surface area contributed by atoms with E-state index in [0.29, 0.717) is 0 Å². The van der Waals surface area contributed by atoms with Crippen molar-refractivity contribution in [2.75, 3.05) is 13.1 Å². The summed E-state index contributed by atoms with van der Waals surface area (Å²) in [5.41, 5.74) is 5.05. The molecule has 0 aliphatic heterocycles. The van der Waals surface area contributed by atoms with Crippen LogP contribution >= 0.6 is 0 Å². The fourth-order valence-electron chi connectivity index (χ4n) is 0.723. The number of hydrogen-bond acceptors (Lipinski definition) is 2. The first kappa shape index (κ1) is 9.01. The summed E-state index contributed by atoms with van der Waals surface area (Å²) in [6.07, 6.45) is 2.63. The highest BCUT2D eigenvalue weighted by Gasteiger charge is 2.02. The summed E-state index contributed by atoms with van der Waals surface area (Å²) in [4.78, 5) is 12.7. The second kappa shape index (κ2) is 4.85. The second-order valence-electron chi connectivity index (χ2n) is 1.87. The summed E-state index contributed by atoms with van der Waals surface area (Å²) >= 11 is 0. The Hall–Kier alpha value is -0.990. The molecule has 0 aromatic heterocycles. The summed E-state index contributed by atoms with van der Waals surface area (Å²) in [6, 6.07) is 0. The zero-order chi connectivity index (χ0) is 7.98. The van der Waals surface area contributed by atoms with Crippen molar-refractivity contribution in [2.24, 2.45) is 5.73 Å². The summed E-state index contributed by atoms with van der Waals surface area (Å²) < 4.78 is 0. The third kappa shape index (κ3) is 2.53. The van der Waals surface area contributed by atoms with Crippen LogP contribution in [0, 0.1) is 0 Å². The van der Waals surface area contributed by atoms with Gasteiger partial charge in [-0.05, 0) is 20.0 Å². The van der Waals surface area contributed by atoms with Gasteiger partial charge in [-0.3, -0.25) is 4.79 Å². The van der Waals surface area contributed by atoms with E-state index in [-0.39, 0.29) is 5.91 Å². The molecule has 0 unspecified atom stereocenters. The fourth-order valence-corrected chi connectivity index (χ4v) is 0.723. The van der Waals surface area contributed by atoms with Crippen LogP contribution in [0.25, 0.3) is 0 Å². The third-order valence-electron chi connectivity index (χ3n) is 1.31. The highest BCUT2D eigenvalue weighted by atomic mass is 16.2. The van der Waals surface area contributed by atoms with Gasteiger partial charge in [-0.15, -0.1) is 0 Å². The standard InChI is InChI=1S/C7H14N2O/c1-3-9(4-2)7(10)5-6-8/h5-6H,3-4,8H2,1-2H3/b6-5+. The van der Waals surface area contributed by atoms with Crippen LogP contribution in [-0.4, -0.2) is 23.9 Å². The Bertz CT molecular complexity index is 128. The largest absolute Gasteiger partial charge is 0.404 e. The Kier molecular flexibility index (Phi) is 4.37. The first-order chi connectivity index (χ1) is 4.76. The molecule has 0 spiro atoms. The number of carbonyl (C=O) groups excluding carboxylic acids is 1. The van der Waals surface area contributed by atoms with E-state index in [1.54, 1.807) is 4.90 Å². The number of nitrogens with two attached hydrogens (primary N) is 1. The van der Waals surface area contributed by atoms with Crippen molar-refractivity contribution in [1.82, 2.24) is 4.90 Å². The zero-order valence-electron chi connectivity index (χ0n) is 6.50. The van der Waals surface area contributed by atoms with Crippen LogP contribution in [-0.2, 0) is 4.79 Å². The molecule has 0 aromatic carbocycles. The van der Waals surface area contributed by atoms with E-state index >= 15 is 0 Å². The minimum absolute atomic E-state index is 0.0208. The van der Waals surface area contributed by atoms with Crippen molar-refractivity contribution in [3.05, 3.63) is 12.3 Å². The summed E-state index contributed by atoms with van der Waals surface area (Å²) in [5.74, 6) is -0.0208. The van der Waals surface area contributed by atoms with Gasteiger partial charge in [0, 0.05) is 19.2 Å². The van der Waals surface area contributed by atoms with Gasteiger partial charge in [0.1, 0.15) is 0 Å². The van der Waals surface area contributed by atoms with Crippen LogP contribution in [0.1, 0.15) is 13.8 Å². The average molecular weight is 142 g/mol. The fraction of sp³-hybridized carbons (Fsp3) is 0.571. The van der Waals surface area contributed by atoms with E-state index in [1.165, 1.54) is 12.3 Å². The van der Waals surface area contributed by atoms with Gasteiger partial charge in [0.2, 0.25) is 5.91 Å². The topological polar surface area (TPSA) is 46.3 Å². The molecule has 2 N–H and O–H groups in total. The number of nitrogens with zero attached hydrogens (tertiary/aromatic N) is 1. The molecule has 3 nitrogen and oxygen atoms in total. The maximum absolute atomic E-state index is 11.0. The summed E-state index contributed by atoms with van der Waals surface area (Å²) in [6.45, 7) is 5.34. The van der Waals surface area contributed by atoms with Crippen LogP contribution in [0.3, 0.4) is 0 Å². The van der Waals surface area contributed by atoms with Gasteiger partial charge in [0.05, 0.1) is 0 Å². The van der Waals surface area contributed by atoms with E-state index in [1.807, 2.05) is 13.8 Å². The highest BCUT2D eigenvalue weighted by molar-refractivity contribution is 5.87. The van der Waals surface area contributed by atoms with Crippen LogP contribution in [0.15, 0.2) is 12.3 Å². The van der Waals surface area contributed by atoms with Gasteiger partial charge in [0.15, 0.2) is 0 Å². The highest BCUT2D eigenvalue weighted by Crippen LogP contribution is 1.88. The van der Waals surface area contributed by atoms with E-state index in [9.17, 15) is 4.79 Å². The Morgan fingerprint density at radius 3 is 2.30 bits per heavy atom. The zero-order valence-corrected chi connectivity index (χ0v) is 6.50. The van der Waals surface area contributed by atoms with Crippen molar-refractivity contribution in [2.45, 2.75) is 13.8 Å². The molecule has 3 heteroatoms. The van der Waals surface area contributed by atoms with Gasteiger partial charge in [0.25, 0.3) is 0 Å². The van der Waals surface area contributed by atoms with E-state index < -0.39 is 0 Å². The minimum Gasteiger partial charge on any atom is -0.404 e. The first-order valence-electron chi connectivity index (χ1n) is 3.43. The quantitative estimate of drug-likeness (QED) is 0.577. The number of amides is 1. The molecule has 0 aromatic rings. The van der Waals surface area contributed by atoms with Crippen molar-refractivity contribution >= 4 is 5.91 Å². The number of likely N-dealkylation sites (N-methyl/N-ethyl adjacent to an activating group) is 1. The molecule has 10 heavy (non-hydrogen) atoms. The average Bonchev–Trinajstić information content (AvgIpc) is 1.91. The molecule has 0 bridgehead atoms. The molecule has 1 amide bonds. The molecule has 0 radical (unpaired) electrons. The van der Waals surface area contributed by atoms with E-state index in [0.717, 1.165) is 13.1 Å². The van der Waals surface area contributed by atoms with Gasteiger partial charge in [-0.2, -0.15) is 0 Å². The first-order valence-corrected chi connectivity index (χ1v) is 3.43. The molecular formula is C7H14N2O. The molecule has 0 heterocycles. The van der Waals surface area contributed by atoms with Gasteiger partial charge >= 0.3 is 0 Å². The van der Waals surface area contributed by atoms with Crippen molar-refractivity contribution in [1.29, 1.82) is 0 Å². The van der Waals surface area contributed by atoms with Crippen LogP contribution in [0.2, 0.25) is 0 Å². The lowest BCUT2D eigenvalue weighted by Gasteiger charge is -2.15. The van der Waals surface area contributed by atoms with Crippen LogP contribution in [0.4, 0.5) is 0 Å². The third-order valence-corrected chi connectivity index (χ3v) is 1.31. The van der Waals surface area contributed by atoms with Crippen LogP contribution in [0.5, 0.6) is 0 Å². The number of rotatable bonds is 3. The molecule has 0 aliphatic rings. The Labute approximate surface area is 61.5 Å².